The first-order valence-electron chi connectivity index (χ1n) is 10.6. The van der Waals surface area contributed by atoms with Crippen molar-refractivity contribution in [2.24, 2.45) is 5.92 Å². The fourth-order valence-corrected chi connectivity index (χ4v) is 4.24. The topological polar surface area (TPSA) is 77.4 Å². The highest BCUT2D eigenvalue weighted by Gasteiger charge is 2.23. The molecule has 4 rings (SSSR count). The smallest absolute Gasteiger partial charge is 0.241 e. The highest BCUT2D eigenvalue weighted by Crippen LogP contribution is 2.39. The summed E-state index contributed by atoms with van der Waals surface area (Å²) in [4.78, 5) is 12.4. The van der Waals surface area contributed by atoms with Gasteiger partial charge in [-0.2, -0.15) is 5.10 Å². The van der Waals surface area contributed by atoms with Crippen molar-refractivity contribution in [3.05, 3.63) is 30.0 Å². The molecule has 1 saturated carbocycles. The minimum atomic E-state index is -0.0358. The first kappa shape index (κ1) is 19.8. The Kier molecular flexibility index (Phi) is 6.34. The molecule has 1 amide bonds. The second-order valence-corrected chi connectivity index (χ2v) is 7.88. The number of fused-ring (bicyclic) bond motifs is 3. The van der Waals surface area contributed by atoms with Crippen LogP contribution in [-0.4, -0.2) is 42.4 Å². The summed E-state index contributed by atoms with van der Waals surface area (Å²) in [5.74, 6) is 2.30. The second kappa shape index (κ2) is 9.31. The third-order valence-electron chi connectivity index (χ3n) is 5.82. The van der Waals surface area contributed by atoms with Gasteiger partial charge in [0.1, 0.15) is 24.7 Å². The summed E-state index contributed by atoms with van der Waals surface area (Å²) in [6.07, 6.45) is 8.54. The number of carbonyl (C=O) groups excluding carboxylic acids is 1. The van der Waals surface area contributed by atoms with Gasteiger partial charge in [-0.3, -0.25) is 9.48 Å². The van der Waals surface area contributed by atoms with Gasteiger partial charge in [0.05, 0.1) is 19.0 Å². The molecule has 2 aromatic rings. The third kappa shape index (κ3) is 4.72. The molecule has 0 unspecified atom stereocenters. The van der Waals surface area contributed by atoms with Crippen molar-refractivity contribution >= 4 is 5.91 Å². The molecule has 7 nitrogen and oxygen atoms in total. The molecule has 156 valence electrons. The Balaban J connectivity index is 1.30. The molecule has 29 heavy (non-hydrogen) atoms. The minimum absolute atomic E-state index is 0.0358. The van der Waals surface area contributed by atoms with Gasteiger partial charge in [0.2, 0.25) is 5.91 Å². The number of carbonyl (C=O) groups is 1. The van der Waals surface area contributed by atoms with E-state index in [4.69, 9.17) is 9.47 Å². The van der Waals surface area contributed by atoms with Crippen molar-refractivity contribution in [3.8, 4) is 22.8 Å². The maximum atomic E-state index is 12.4. The van der Waals surface area contributed by atoms with Crippen LogP contribution in [0.1, 0.15) is 37.7 Å². The molecule has 0 bridgehead atoms. The lowest BCUT2D eigenvalue weighted by atomic mass is 9.89. The van der Waals surface area contributed by atoms with Gasteiger partial charge in [0, 0.05) is 24.2 Å². The Morgan fingerprint density at radius 1 is 1.28 bits per heavy atom. The molecule has 0 spiro atoms. The zero-order valence-electron chi connectivity index (χ0n) is 17.1. The summed E-state index contributed by atoms with van der Waals surface area (Å²) in [5.41, 5.74) is 2.81. The number of amides is 1. The Labute approximate surface area is 171 Å². The van der Waals surface area contributed by atoms with Gasteiger partial charge in [0.25, 0.3) is 0 Å². The van der Waals surface area contributed by atoms with Crippen LogP contribution in [0.3, 0.4) is 0 Å². The predicted molar refractivity (Wildman–Crippen MR) is 111 cm³/mol. The Bertz CT molecular complexity index is 843. The lowest BCUT2D eigenvalue weighted by Crippen LogP contribution is -2.36. The third-order valence-corrected chi connectivity index (χ3v) is 5.82. The summed E-state index contributed by atoms with van der Waals surface area (Å²) < 4.78 is 12.9. The van der Waals surface area contributed by atoms with Crippen LogP contribution in [0.25, 0.3) is 11.3 Å². The Morgan fingerprint density at radius 2 is 2.14 bits per heavy atom. The van der Waals surface area contributed by atoms with Gasteiger partial charge in [0.15, 0.2) is 0 Å². The summed E-state index contributed by atoms with van der Waals surface area (Å²) in [6.45, 7) is 3.13. The van der Waals surface area contributed by atoms with Crippen LogP contribution >= 0.6 is 0 Å². The molecule has 0 radical (unpaired) electrons. The molecular weight excluding hydrogens is 368 g/mol. The van der Waals surface area contributed by atoms with Crippen molar-refractivity contribution in [2.75, 3.05) is 26.7 Å². The highest BCUT2D eigenvalue weighted by atomic mass is 16.5. The van der Waals surface area contributed by atoms with Gasteiger partial charge < -0.3 is 20.1 Å². The van der Waals surface area contributed by atoms with E-state index in [1.54, 1.807) is 18.0 Å². The van der Waals surface area contributed by atoms with Crippen LogP contribution in [0.2, 0.25) is 0 Å². The van der Waals surface area contributed by atoms with Crippen molar-refractivity contribution in [1.29, 1.82) is 0 Å². The second-order valence-electron chi connectivity index (χ2n) is 7.88. The minimum Gasteiger partial charge on any atom is -0.497 e. The summed E-state index contributed by atoms with van der Waals surface area (Å²) in [7, 11) is 1.64. The average molecular weight is 399 g/mol. The van der Waals surface area contributed by atoms with E-state index in [1.165, 1.54) is 32.1 Å². The Morgan fingerprint density at radius 3 is 2.97 bits per heavy atom. The number of aromatic nitrogens is 2. The largest absolute Gasteiger partial charge is 0.497 e. The van der Waals surface area contributed by atoms with E-state index < -0.39 is 0 Å². The van der Waals surface area contributed by atoms with E-state index in [0.29, 0.717) is 13.2 Å². The summed E-state index contributed by atoms with van der Waals surface area (Å²) in [6, 6.07) is 5.70. The van der Waals surface area contributed by atoms with E-state index in [2.05, 4.69) is 15.7 Å². The number of ether oxygens (including phenoxy) is 2. The molecule has 1 aliphatic carbocycles. The van der Waals surface area contributed by atoms with Crippen molar-refractivity contribution in [2.45, 2.75) is 45.3 Å². The fraction of sp³-hybridized carbons (Fsp3) is 0.545. The van der Waals surface area contributed by atoms with Gasteiger partial charge in [-0.1, -0.05) is 19.3 Å². The lowest BCUT2D eigenvalue weighted by molar-refractivity contribution is -0.121. The first-order chi connectivity index (χ1) is 14.2. The highest BCUT2D eigenvalue weighted by molar-refractivity contribution is 5.78. The maximum absolute atomic E-state index is 12.4. The van der Waals surface area contributed by atoms with Crippen LogP contribution in [0.15, 0.2) is 24.4 Å². The SMILES string of the molecule is COc1ccc2c(c1)-c1c(cnn1CC(=O)NCCNCC1CCCCC1)CO2. The standard InChI is InChI=1S/C22H30N4O3/c1-28-18-7-8-20-19(11-18)22-17(15-29-20)13-25-26(22)14-21(27)24-10-9-23-12-16-5-3-2-4-6-16/h7-8,11,13,16,23H,2-6,9-10,12,14-15H2,1H3,(H,24,27). The average Bonchev–Trinajstić information content (AvgIpc) is 3.17. The molecule has 2 aliphatic rings. The van der Waals surface area contributed by atoms with Gasteiger partial charge in [-0.05, 0) is 43.5 Å². The molecule has 1 aliphatic heterocycles. The molecule has 2 N–H and O–H groups in total. The van der Waals surface area contributed by atoms with Crippen LogP contribution in [0.4, 0.5) is 0 Å². The molecule has 0 saturated heterocycles. The molecule has 1 aromatic heterocycles. The molecule has 7 heteroatoms. The Hall–Kier alpha value is -2.54. The number of methoxy groups -OCH3 is 1. The number of rotatable bonds is 8. The quantitative estimate of drug-likeness (QED) is 0.669. The van der Waals surface area contributed by atoms with Gasteiger partial charge >= 0.3 is 0 Å². The van der Waals surface area contributed by atoms with Crippen molar-refractivity contribution in [3.63, 3.8) is 0 Å². The molecule has 1 aromatic carbocycles. The fourth-order valence-electron chi connectivity index (χ4n) is 4.24. The monoisotopic (exact) mass is 398 g/mol. The zero-order valence-corrected chi connectivity index (χ0v) is 17.1. The van der Waals surface area contributed by atoms with Crippen molar-refractivity contribution < 1.29 is 14.3 Å². The van der Waals surface area contributed by atoms with Crippen LogP contribution < -0.4 is 20.1 Å². The van der Waals surface area contributed by atoms with Gasteiger partial charge in [-0.25, -0.2) is 0 Å². The van der Waals surface area contributed by atoms with E-state index in [-0.39, 0.29) is 12.5 Å². The number of benzene rings is 1. The van der Waals surface area contributed by atoms with Crippen LogP contribution in [0, 0.1) is 5.92 Å². The number of hydrogen-bond donors (Lipinski definition) is 2. The molecular formula is C22H30N4O3. The van der Waals surface area contributed by atoms with Crippen molar-refractivity contribution in [1.82, 2.24) is 20.4 Å². The molecule has 2 heterocycles. The molecule has 1 fully saturated rings. The van der Waals surface area contributed by atoms with E-state index in [1.807, 2.05) is 18.2 Å². The predicted octanol–water partition coefficient (Wildman–Crippen LogP) is 2.74. The lowest BCUT2D eigenvalue weighted by Gasteiger charge is -2.21. The first-order valence-corrected chi connectivity index (χ1v) is 10.6. The number of nitrogens with zero attached hydrogens (tertiary/aromatic N) is 2. The molecule has 0 atom stereocenters. The summed E-state index contributed by atoms with van der Waals surface area (Å²) >= 11 is 0. The van der Waals surface area contributed by atoms with E-state index in [9.17, 15) is 4.79 Å². The number of hydrogen-bond acceptors (Lipinski definition) is 5. The zero-order chi connectivity index (χ0) is 20.1. The van der Waals surface area contributed by atoms with Gasteiger partial charge in [-0.15, -0.1) is 0 Å². The van der Waals surface area contributed by atoms with E-state index in [0.717, 1.165) is 47.3 Å². The van der Waals surface area contributed by atoms with Crippen LogP contribution in [0.5, 0.6) is 11.5 Å². The maximum Gasteiger partial charge on any atom is 0.241 e. The van der Waals surface area contributed by atoms with E-state index >= 15 is 0 Å². The summed E-state index contributed by atoms with van der Waals surface area (Å²) in [5, 5.41) is 10.9. The van der Waals surface area contributed by atoms with Crippen LogP contribution in [-0.2, 0) is 17.9 Å². The normalized spacial score (nSPS) is 15.9. The number of nitrogens with one attached hydrogen (secondary N) is 2.